The first-order chi connectivity index (χ1) is 14.0. The minimum Gasteiger partial charge on any atom is -0.448 e. The summed E-state index contributed by atoms with van der Waals surface area (Å²) in [5.41, 5.74) is 2.68. The highest BCUT2D eigenvalue weighted by Gasteiger charge is 2.27. The molecule has 1 atom stereocenters. The van der Waals surface area contributed by atoms with Gasteiger partial charge in [0.15, 0.2) is 11.9 Å². The number of benzene rings is 2. The van der Waals surface area contributed by atoms with Crippen LogP contribution in [0.4, 0.5) is 11.4 Å². The van der Waals surface area contributed by atoms with E-state index < -0.39 is 11.2 Å². The molecule has 3 aromatic rings. The van der Waals surface area contributed by atoms with Crippen LogP contribution in [-0.4, -0.2) is 25.9 Å². The second-order valence-corrected chi connectivity index (χ2v) is 8.26. The lowest BCUT2D eigenvalue weighted by atomic mass is 10.1. The Kier molecular flexibility index (Phi) is 5.63. The predicted octanol–water partition coefficient (Wildman–Crippen LogP) is 5.21. The highest BCUT2D eigenvalue weighted by Crippen LogP contribution is 2.41. The van der Waals surface area contributed by atoms with Crippen molar-refractivity contribution < 1.29 is 9.66 Å². The average Bonchev–Trinajstić information content (AvgIpc) is 2.88. The summed E-state index contributed by atoms with van der Waals surface area (Å²) >= 11 is 4.99. The molecular formula is C19H16BrN5O3S. The van der Waals surface area contributed by atoms with Crippen LogP contribution < -0.4 is 10.1 Å². The van der Waals surface area contributed by atoms with Gasteiger partial charge in [0.25, 0.3) is 5.69 Å². The van der Waals surface area contributed by atoms with E-state index in [1.54, 1.807) is 12.1 Å². The Balaban J connectivity index is 1.81. The van der Waals surface area contributed by atoms with Crippen molar-refractivity contribution in [2.75, 3.05) is 11.1 Å². The van der Waals surface area contributed by atoms with Gasteiger partial charge in [-0.05, 0) is 24.6 Å². The van der Waals surface area contributed by atoms with Gasteiger partial charge < -0.3 is 10.1 Å². The number of hydrogen-bond donors (Lipinski definition) is 1. The third-order valence-corrected chi connectivity index (χ3v) is 5.74. The Labute approximate surface area is 179 Å². The normalized spacial score (nSPS) is 14.8. The number of nitrogens with zero attached hydrogens (tertiary/aromatic N) is 4. The molecule has 2 aromatic carbocycles. The third-order valence-electron chi connectivity index (χ3n) is 4.21. The summed E-state index contributed by atoms with van der Waals surface area (Å²) < 4.78 is 7.02. The largest absolute Gasteiger partial charge is 0.448 e. The molecule has 1 aliphatic heterocycles. The number of nitro benzene ring substituents is 1. The van der Waals surface area contributed by atoms with Crippen LogP contribution in [0.5, 0.6) is 5.88 Å². The smallest absolute Gasteiger partial charge is 0.269 e. The molecule has 0 amide bonds. The van der Waals surface area contributed by atoms with Gasteiger partial charge in [0.05, 0.1) is 4.92 Å². The number of nitrogens with one attached hydrogen (secondary N) is 1. The van der Waals surface area contributed by atoms with Gasteiger partial charge in [0.2, 0.25) is 11.0 Å². The van der Waals surface area contributed by atoms with E-state index in [2.05, 4.69) is 43.4 Å². The number of aromatic nitrogens is 3. The fourth-order valence-corrected chi connectivity index (χ4v) is 3.87. The number of ether oxygens (including phenoxy) is 1. The van der Waals surface area contributed by atoms with Crippen molar-refractivity contribution in [1.82, 2.24) is 15.2 Å². The van der Waals surface area contributed by atoms with E-state index in [1.165, 1.54) is 23.9 Å². The fraction of sp³-hybridized carbons (Fsp3) is 0.211. The van der Waals surface area contributed by atoms with Crippen molar-refractivity contribution in [1.29, 1.82) is 0 Å². The topological polar surface area (TPSA) is 103 Å². The first-order valence-electron chi connectivity index (χ1n) is 8.90. The van der Waals surface area contributed by atoms with E-state index in [4.69, 9.17) is 4.74 Å². The van der Waals surface area contributed by atoms with Gasteiger partial charge in [-0.1, -0.05) is 46.7 Å². The van der Waals surface area contributed by atoms with E-state index in [0.717, 1.165) is 27.9 Å². The summed E-state index contributed by atoms with van der Waals surface area (Å²) in [6, 6.07) is 12.0. The molecule has 1 aliphatic rings. The summed E-state index contributed by atoms with van der Waals surface area (Å²) in [6.45, 7) is 2.08. The van der Waals surface area contributed by atoms with Crippen LogP contribution in [0.2, 0.25) is 0 Å². The standard InChI is InChI=1S/C19H16BrN5O3S/c1-2-8-29-19-22-18-16(23-24-19)14-10-12(20)6-7-15(14)21-17(28-18)11-4-3-5-13(9-11)25(26)27/h3-7,9-10,17,21H,2,8H2,1H3. The second-order valence-electron chi connectivity index (χ2n) is 6.28. The number of halogens is 1. The Morgan fingerprint density at radius 1 is 1.28 bits per heavy atom. The molecule has 10 heteroatoms. The maximum absolute atomic E-state index is 11.2. The molecule has 0 saturated heterocycles. The van der Waals surface area contributed by atoms with Gasteiger partial charge in [0, 0.05) is 39.2 Å². The minimum absolute atomic E-state index is 0.00611. The first-order valence-corrected chi connectivity index (χ1v) is 10.7. The molecule has 1 N–H and O–H groups in total. The molecule has 0 saturated carbocycles. The van der Waals surface area contributed by atoms with Crippen molar-refractivity contribution in [2.45, 2.75) is 24.7 Å². The van der Waals surface area contributed by atoms with Crippen LogP contribution in [0, 0.1) is 10.1 Å². The Hall–Kier alpha value is -2.72. The lowest BCUT2D eigenvalue weighted by Crippen LogP contribution is -2.17. The van der Waals surface area contributed by atoms with Crippen LogP contribution >= 0.6 is 27.7 Å². The predicted molar refractivity (Wildman–Crippen MR) is 114 cm³/mol. The SMILES string of the molecule is CCCSc1nnc2c(n1)OC(c1cccc([N+](=O)[O-])c1)Nc1ccc(Br)cc1-2. The van der Waals surface area contributed by atoms with Crippen LogP contribution in [0.15, 0.2) is 52.1 Å². The number of rotatable bonds is 5. The molecule has 148 valence electrons. The molecule has 1 unspecified atom stereocenters. The second kappa shape index (κ2) is 8.34. The molecule has 4 rings (SSSR count). The zero-order chi connectivity index (χ0) is 20.4. The maximum Gasteiger partial charge on any atom is 0.269 e. The molecular weight excluding hydrogens is 458 g/mol. The summed E-state index contributed by atoms with van der Waals surface area (Å²) in [4.78, 5) is 15.3. The quantitative estimate of drug-likeness (QED) is 0.305. The van der Waals surface area contributed by atoms with Crippen molar-refractivity contribution in [3.05, 3.63) is 62.6 Å². The van der Waals surface area contributed by atoms with E-state index in [1.807, 2.05) is 18.2 Å². The highest BCUT2D eigenvalue weighted by molar-refractivity contribution is 9.10. The number of anilines is 1. The highest BCUT2D eigenvalue weighted by atomic mass is 79.9. The zero-order valence-corrected chi connectivity index (χ0v) is 17.7. The van der Waals surface area contributed by atoms with Crippen molar-refractivity contribution in [3.63, 3.8) is 0 Å². The van der Waals surface area contributed by atoms with E-state index in [-0.39, 0.29) is 5.69 Å². The van der Waals surface area contributed by atoms with Gasteiger partial charge in [-0.25, -0.2) is 0 Å². The van der Waals surface area contributed by atoms with Crippen LogP contribution in [0.1, 0.15) is 25.1 Å². The number of hydrogen-bond acceptors (Lipinski definition) is 8. The zero-order valence-electron chi connectivity index (χ0n) is 15.3. The van der Waals surface area contributed by atoms with Crippen LogP contribution in [-0.2, 0) is 0 Å². The van der Waals surface area contributed by atoms with Crippen LogP contribution in [0.3, 0.4) is 0 Å². The van der Waals surface area contributed by atoms with Crippen molar-refractivity contribution >= 4 is 39.1 Å². The Morgan fingerprint density at radius 2 is 2.14 bits per heavy atom. The summed E-state index contributed by atoms with van der Waals surface area (Å²) in [6.07, 6.45) is 0.316. The number of thioether (sulfide) groups is 1. The molecule has 0 radical (unpaired) electrons. The lowest BCUT2D eigenvalue weighted by molar-refractivity contribution is -0.385. The first kappa shape index (κ1) is 19.6. The van der Waals surface area contributed by atoms with Crippen molar-refractivity contribution in [3.8, 4) is 17.1 Å². The van der Waals surface area contributed by atoms with Crippen molar-refractivity contribution in [2.24, 2.45) is 0 Å². The third kappa shape index (κ3) is 4.18. The summed E-state index contributed by atoms with van der Waals surface area (Å²) in [5.74, 6) is 1.20. The van der Waals surface area contributed by atoms with Gasteiger partial charge in [-0.2, -0.15) is 4.98 Å². The lowest BCUT2D eigenvalue weighted by Gasteiger charge is -2.19. The molecule has 0 spiro atoms. The van der Waals surface area contributed by atoms with Gasteiger partial charge in [-0.15, -0.1) is 10.2 Å². The van der Waals surface area contributed by atoms with Crippen LogP contribution in [0.25, 0.3) is 11.3 Å². The molecule has 29 heavy (non-hydrogen) atoms. The minimum atomic E-state index is -0.670. The molecule has 2 heterocycles. The van der Waals surface area contributed by atoms with E-state index in [9.17, 15) is 10.1 Å². The van der Waals surface area contributed by atoms with Gasteiger partial charge >= 0.3 is 0 Å². The number of nitro groups is 1. The van der Waals surface area contributed by atoms with E-state index in [0.29, 0.717) is 22.3 Å². The molecule has 0 fully saturated rings. The number of non-ortho nitro benzene ring substituents is 1. The maximum atomic E-state index is 11.2. The average molecular weight is 474 g/mol. The monoisotopic (exact) mass is 473 g/mol. The molecule has 0 aliphatic carbocycles. The number of fused-ring (bicyclic) bond motifs is 3. The molecule has 8 nitrogen and oxygen atoms in total. The molecule has 1 aromatic heterocycles. The Bertz CT molecular complexity index is 1080. The van der Waals surface area contributed by atoms with E-state index >= 15 is 0 Å². The summed E-state index contributed by atoms with van der Waals surface area (Å²) in [7, 11) is 0. The summed E-state index contributed by atoms with van der Waals surface area (Å²) in [5, 5.41) is 23.6. The Morgan fingerprint density at radius 3 is 2.93 bits per heavy atom. The molecule has 0 bridgehead atoms. The van der Waals surface area contributed by atoms with Gasteiger partial charge in [-0.3, -0.25) is 10.1 Å². The fourth-order valence-electron chi connectivity index (χ4n) is 2.88. The van der Waals surface area contributed by atoms with Gasteiger partial charge in [0.1, 0.15) is 0 Å².